The molecule has 1 atom stereocenters. The molecular weight excluding hydrogens is 272 g/mol. The topological polar surface area (TPSA) is 57.3 Å². The molecule has 1 aliphatic rings. The van der Waals surface area contributed by atoms with E-state index in [1.54, 1.807) is 6.20 Å². The molecule has 1 fully saturated rings. The molecule has 0 radical (unpaired) electrons. The van der Waals surface area contributed by atoms with Gasteiger partial charge in [0, 0.05) is 24.2 Å². The molecule has 112 valence electrons. The number of hydrogen-bond acceptors (Lipinski definition) is 5. The minimum Gasteiger partial charge on any atom is -0.313 e. The molecular formula is C14H24N4OS. The van der Waals surface area contributed by atoms with Crippen LogP contribution in [0.3, 0.4) is 0 Å². The first-order valence-electron chi connectivity index (χ1n) is 7.43. The lowest BCUT2D eigenvalue weighted by Crippen LogP contribution is -2.46. The zero-order valence-corrected chi connectivity index (χ0v) is 12.9. The first-order chi connectivity index (χ1) is 9.78. The number of piperidine rings is 1. The largest absolute Gasteiger partial charge is 0.313 e. The Bertz CT molecular complexity index is 390. The van der Waals surface area contributed by atoms with Gasteiger partial charge in [-0.15, -0.1) is 11.3 Å². The molecule has 2 N–H and O–H groups in total. The summed E-state index contributed by atoms with van der Waals surface area (Å²) < 4.78 is 0. The van der Waals surface area contributed by atoms with Crippen molar-refractivity contribution in [3.05, 3.63) is 11.6 Å². The van der Waals surface area contributed by atoms with Gasteiger partial charge >= 0.3 is 0 Å². The first-order valence-corrected chi connectivity index (χ1v) is 8.31. The quantitative estimate of drug-likeness (QED) is 0.807. The third-order valence-electron chi connectivity index (χ3n) is 3.48. The van der Waals surface area contributed by atoms with Crippen molar-refractivity contribution in [2.24, 2.45) is 0 Å². The summed E-state index contributed by atoms with van der Waals surface area (Å²) in [5.74, 6) is 0.0317. The summed E-state index contributed by atoms with van der Waals surface area (Å²) in [7, 11) is 0. The second-order valence-corrected chi connectivity index (χ2v) is 6.16. The van der Waals surface area contributed by atoms with Crippen LogP contribution in [-0.2, 0) is 4.79 Å². The van der Waals surface area contributed by atoms with Gasteiger partial charge in [-0.25, -0.2) is 4.98 Å². The monoisotopic (exact) mass is 296 g/mol. The Labute approximate surface area is 124 Å². The molecule has 1 aromatic heterocycles. The summed E-state index contributed by atoms with van der Waals surface area (Å²) in [4.78, 5) is 18.4. The standard InChI is InChI=1S/C14H24N4OS/c1-2-8-18(10-12-5-3-4-6-15-12)11-13(19)17-14-16-7-9-20-14/h7,9,12,15H,2-6,8,10-11H2,1H3,(H,16,17,19). The fourth-order valence-corrected chi connectivity index (χ4v) is 3.13. The molecule has 5 nitrogen and oxygen atoms in total. The maximum Gasteiger partial charge on any atom is 0.240 e. The van der Waals surface area contributed by atoms with Crippen LogP contribution in [0.15, 0.2) is 11.6 Å². The highest BCUT2D eigenvalue weighted by Gasteiger charge is 2.18. The van der Waals surface area contributed by atoms with E-state index in [0.29, 0.717) is 17.7 Å². The Morgan fingerprint density at radius 2 is 2.50 bits per heavy atom. The normalized spacial score (nSPS) is 19.2. The average molecular weight is 296 g/mol. The molecule has 0 spiro atoms. The number of hydrogen-bond donors (Lipinski definition) is 2. The Morgan fingerprint density at radius 3 is 3.15 bits per heavy atom. The second-order valence-electron chi connectivity index (χ2n) is 5.27. The van der Waals surface area contributed by atoms with E-state index in [2.05, 4.69) is 27.4 Å². The number of carbonyl (C=O) groups excluding carboxylic acids is 1. The molecule has 1 amide bonds. The van der Waals surface area contributed by atoms with Crippen molar-refractivity contribution in [2.75, 3.05) is 31.5 Å². The van der Waals surface area contributed by atoms with Crippen molar-refractivity contribution in [1.82, 2.24) is 15.2 Å². The lowest BCUT2D eigenvalue weighted by Gasteiger charge is -2.30. The number of carbonyl (C=O) groups is 1. The van der Waals surface area contributed by atoms with Crippen LogP contribution in [0.1, 0.15) is 32.6 Å². The Kier molecular flexibility index (Phi) is 6.42. The van der Waals surface area contributed by atoms with E-state index in [4.69, 9.17) is 0 Å². The van der Waals surface area contributed by atoms with E-state index in [1.165, 1.54) is 30.6 Å². The van der Waals surface area contributed by atoms with Gasteiger partial charge in [0.1, 0.15) is 0 Å². The second kappa shape index (κ2) is 8.34. The van der Waals surface area contributed by atoms with Crippen molar-refractivity contribution in [1.29, 1.82) is 0 Å². The maximum atomic E-state index is 12.0. The summed E-state index contributed by atoms with van der Waals surface area (Å²) >= 11 is 1.45. The highest BCUT2D eigenvalue weighted by atomic mass is 32.1. The van der Waals surface area contributed by atoms with Crippen molar-refractivity contribution >= 4 is 22.4 Å². The van der Waals surface area contributed by atoms with Gasteiger partial charge in [-0.05, 0) is 32.4 Å². The predicted molar refractivity (Wildman–Crippen MR) is 83.1 cm³/mol. The zero-order chi connectivity index (χ0) is 14.2. The molecule has 2 heterocycles. The van der Waals surface area contributed by atoms with Gasteiger partial charge < -0.3 is 10.6 Å². The number of nitrogens with one attached hydrogen (secondary N) is 2. The average Bonchev–Trinajstić information content (AvgIpc) is 2.93. The molecule has 0 aliphatic carbocycles. The number of rotatable bonds is 7. The fourth-order valence-electron chi connectivity index (χ4n) is 2.59. The van der Waals surface area contributed by atoms with Gasteiger partial charge in [-0.3, -0.25) is 9.69 Å². The predicted octanol–water partition coefficient (Wildman–Crippen LogP) is 1.94. The number of amides is 1. The first kappa shape index (κ1) is 15.4. The third kappa shape index (κ3) is 5.19. The zero-order valence-electron chi connectivity index (χ0n) is 12.1. The molecule has 0 saturated carbocycles. The highest BCUT2D eigenvalue weighted by molar-refractivity contribution is 7.13. The summed E-state index contributed by atoms with van der Waals surface area (Å²) in [5, 5.41) is 8.95. The minimum absolute atomic E-state index is 0.0317. The Balaban J connectivity index is 1.79. The summed E-state index contributed by atoms with van der Waals surface area (Å²) in [5.41, 5.74) is 0. The van der Waals surface area contributed by atoms with E-state index in [9.17, 15) is 4.79 Å². The molecule has 1 saturated heterocycles. The van der Waals surface area contributed by atoms with Gasteiger partial charge in [0.15, 0.2) is 5.13 Å². The van der Waals surface area contributed by atoms with Gasteiger partial charge in [0.25, 0.3) is 0 Å². The van der Waals surface area contributed by atoms with E-state index >= 15 is 0 Å². The molecule has 0 aromatic carbocycles. The summed E-state index contributed by atoms with van der Waals surface area (Å²) in [6.07, 6.45) is 6.55. The third-order valence-corrected chi connectivity index (χ3v) is 4.17. The van der Waals surface area contributed by atoms with Crippen LogP contribution < -0.4 is 10.6 Å². The van der Waals surface area contributed by atoms with Crippen LogP contribution in [-0.4, -0.2) is 48.0 Å². The van der Waals surface area contributed by atoms with Crippen molar-refractivity contribution in [3.8, 4) is 0 Å². The fraction of sp³-hybridized carbons (Fsp3) is 0.714. The van der Waals surface area contributed by atoms with E-state index < -0.39 is 0 Å². The van der Waals surface area contributed by atoms with Crippen molar-refractivity contribution < 1.29 is 4.79 Å². The summed E-state index contributed by atoms with van der Waals surface area (Å²) in [6, 6.07) is 0.531. The number of aromatic nitrogens is 1. The maximum absolute atomic E-state index is 12.0. The summed E-state index contributed by atoms with van der Waals surface area (Å²) in [6.45, 7) is 5.63. The van der Waals surface area contributed by atoms with Crippen LogP contribution in [0.4, 0.5) is 5.13 Å². The van der Waals surface area contributed by atoms with E-state index in [1.807, 2.05) is 5.38 Å². The van der Waals surface area contributed by atoms with E-state index in [-0.39, 0.29) is 5.91 Å². The SMILES string of the molecule is CCCN(CC(=O)Nc1nccs1)CC1CCCCN1. The van der Waals surface area contributed by atoms with Crippen LogP contribution in [0.5, 0.6) is 0 Å². The van der Waals surface area contributed by atoms with Crippen LogP contribution in [0.25, 0.3) is 0 Å². The Morgan fingerprint density at radius 1 is 1.60 bits per heavy atom. The van der Waals surface area contributed by atoms with Gasteiger partial charge in [-0.1, -0.05) is 13.3 Å². The number of thiazole rings is 1. The lowest BCUT2D eigenvalue weighted by molar-refractivity contribution is -0.117. The van der Waals surface area contributed by atoms with Crippen molar-refractivity contribution in [2.45, 2.75) is 38.6 Å². The van der Waals surface area contributed by atoms with Crippen LogP contribution >= 0.6 is 11.3 Å². The molecule has 1 aromatic rings. The molecule has 0 bridgehead atoms. The minimum atomic E-state index is 0.0317. The Hall–Kier alpha value is -0.980. The van der Waals surface area contributed by atoms with Crippen LogP contribution in [0, 0.1) is 0 Å². The van der Waals surface area contributed by atoms with Gasteiger partial charge in [0.05, 0.1) is 6.54 Å². The smallest absolute Gasteiger partial charge is 0.240 e. The molecule has 1 unspecified atom stereocenters. The highest BCUT2D eigenvalue weighted by Crippen LogP contribution is 2.11. The van der Waals surface area contributed by atoms with Gasteiger partial charge in [-0.2, -0.15) is 0 Å². The van der Waals surface area contributed by atoms with Crippen LogP contribution in [0.2, 0.25) is 0 Å². The molecule has 20 heavy (non-hydrogen) atoms. The number of anilines is 1. The van der Waals surface area contributed by atoms with Gasteiger partial charge in [0.2, 0.25) is 5.91 Å². The molecule has 6 heteroatoms. The van der Waals surface area contributed by atoms with E-state index in [0.717, 1.165) is 26.1 Å². The van der Waals surface area contributed by atoms with Crippen molar-refractivity contribution in [3.63, 3.8) is 0 Å². The molecule has 1 aliphatic heterocycles. The molecule has 2 rings (SSSR count). The number of nitrogens with zero attached hydrogens (tertiary/aromatic N) is 2. The lowest BCUT2D eigenvalue weighted by atomic mass is 10.0.